The van der Waals surface area contributed by atoms with Crippen molar-refractivity contribution in [2.75, 3.05) is 0 Å². The van der Waals surface area contributed by atoms with E-state index in [4.69, 9.17) is 1.37 Å². The molecule has 0 spiro atoms. The molecule has 0 aliphatic heterocycles. The fraction of sp³-hybridized carbons (Fsp3) is 1.00. The Bertz CT molecular complexity index is 89.5. The predicted octanol–water partition coefficient (Wildman–Crippen LogP) is 3.13. The Labute approximate surface area is 54.5 Å². The first-order valence-corrected chi connectivity index (χ1v) is 2.94. The van der Waals surface area contributed by atoms with E-state index in [-0.39, 0.29) is 6.42 Å². The van der Waals surface area contributed by atoms with Crippen LogP contribution in [-0.2, 0) is 0 Å². The van der Waals surface area contributed by atoms with E-state index in [9.17, 15) is 13.2 Å². The second-order valence-corrected chi connectivity index (χ2v) is 1.85. The quantitative estimate of drug-likeness (QED) is 0.566. The molecule has 0 saturated carbocycles. The molecule has 0 saturated heterocycles. The van der Waals surface area contributed by atoms with Gasteiger partial charge in [0.1, 0.15) is 0 Å². The van der Waals surface area contributed by atoms with Crippen LogP contribution >= 0.6 is 0 Å². The maximum absolute atomic E-state index is 11.5. The van der Waals surface area contributed by atoms with Gasteiger partial charge in [0, 0.05) is 7.79 Å². The van der Waals surface area contributed by atoms with Crippen LogP contribution in [0.1, 0.15) is 34.0 Å². The number of rotatable bonds is 3. The van der Waals surface area contributed by atoms with Crippen LogP contribution in [-0.4, -0.2) is 6.18 Å². The van der Waals surface area contributed by atoms with Gasteiger partial charge in [-0.3, -0.25) is 0 Å². The van der Waals surface area contributed by atoms with Gasteiger partial charge in [-0.05, 0) is 6.42 Å². The summed E-state index contributed by atoms with van der Waals surface area (Å²) < 4.78 is 41.4. The monoisotopic (exact) mass is 141 g/mol. The van der Waals surface area contributed by atoms with Crippen molar-refractivity contribution in [3.05, 3.63) is 0 Å². The second-order valence-electron chi connectivity index (χ2n) is 1.85. The third kappa shape index (κ3) is 7.79. The molecule has 0 aromatic carbocycles. The molecule has 9 heavy (non-hydrogen) atoms. The molecule has 0 radical (unpaired) electrons. The van der Waals surface area contributed by atoms with Crippen molar-refractivity contribution in [2.45, 2.75) is 38.8 Å². The van der Waals surface area contributed by atoms with E-state index < -0.39 is 19.0 Å². The zero-order valence-electron chi connectivity index (χ0n) is 6.33. The van der Waals surface area contributed by atoms with Crippen LogP contribution in [0.5, 0.6) is 0 Å². The molecule has 0 N–H and O–H groups in total. The van der Waals surface area contributed by atoms with Gasteiger partial charge in [0.05, 0.1) is 0 Å². The predicted molar refractivity (Wildman–Crippen MR) is 30.2 cm³/mol. The number of alkyl halides is 3. The molecule has 0 aromatic rings. The molecule has 0 aromatic heterocycles. The molecule has 0 rings (SSSR count). The average molecular weight is 141 g/mol. The molecule has 0 aliphatic carbocycles. The van der Waals surface area contributed by atoms with Gasteiger partial charge < -0.3 is 0 Å². The van der Waals surface area contributed by atoms with Crippen molar-refractivity contribution in [3.63, 3.8) is 0 Å². The summed E-state index contributed by atoms with van der Waals surface area (Å²) in [4.78, 5) is 0. The molecule has 0 fully saturated rings. The van der Waals surface area contributed by atoms with Crippen molar-refractivity contribution in [1.29, 1.82) is 0 Å². The first-order valence-electron chi connectivity index (χ1n) is 3.52. The van der Waals surface area contributed by atoms with Crippen molar-refractivity contribution in [1.82, 2.24) is 0 Å². The molecule has 0 bridgehead atoms. The highest BCUT2D eigenvalue weighted by Crippen LogP contribution is 2.22. The standard InChI is InChI=1S/C6H11F3/c1-2-3-4-5-6(7,8)9/h2-5H2,1H3/i3D. The molecular formula is C6H11F3. The minimum Gasteiger partial charge on any atom is -0.171 e. The van der Waals surface area contributed by atoms with Gasteiger partial charge in [-0.25, -0.2) is 0 Å². The zero-order valence-corrected chi connectivity index (χ0v) is 5.33. The van der Waals surface area contributed by atoms with Gasteiger partial charge in [-0.15, -0.1) is 0 Å². The number of hydrogen-bond donors (Lipinski definition) is 0. The SMILES string of the molecule is [2H]C(CC)CCC(F)(F)F. The third-order valence-electron chi connectivity index (χ3n) is 0.921. The smallest absolute Gasteiger partial charge is 0.171 e. The Morgan fingerprint density at radius 1 is 1.44 bits per heavy atom. The zero-order chi connectivity index (χ0) is 8.20. The van der Waals surface area contributed by atoms with Gasteiger partial charge >= 0.3 is 6.18 Å². The molecule has 3 heteroatoms. The van der Waals surface area contributed by atoms with Crippen molar-refractivity contribution in [2.24, 2.45) is 0 Å². The minimum absolute atomic E-state index is 0.0694. The van der Waals surface area contributed by atoms with Crippen LogP contribution in [0.25, 0.3) is 0 Å². The lowest BCUT2D eigenvalue weighted by atomic mass is 10.2. The Morgan fingerprint density at radius 2 is 2.00 bits per heavy atom. The topological polar surface area (TPSA) is 0 Å². The van der Waals surface area contributed by atoms with Crippen LogP contribution in [0, 0.1) is 0 Å². The summed E-state index contributed by atoms with van der Waals surface area (Å²) in [7, 11) is 0. The van der Waals surface area contributed by atoms with Gasteiger partial charge in [-0.2, -0.15) is 13.2 Å². The molecule has 0 nitrogen and oxygen atoms in total. The number of hydrogen-bond acceptors (Lipinski definition) is 0. The van der Waals surface area contributed by atoms with E-state index >= 15 is 0 Å². The van der Waals surface area contributed by atoms with E-state index in [1.165, 1.54) is 0 Å². The maximum atomic E-state index is 11.5. The highest BCUT2D eigenvalue weighted by Gasteiger charge is 2.25. The van der Waals surface area contributed by atoms with Gasteiger partial charge in [-0.1, -0.05) is 19.7 Å². The van der Waals surface area contributed by atoms with Crippen LogP contribution in [0.3, 0.4) is 0 Å². The summed E-state index contributed by atoms with van der Waals surface area (Å²) in [6.07, 6.45) is -5.04. The van der Waals surface area contributed by atoms with E-state index in [1.54, 1.807) is 6.92 Å². The first-order chi connectivity index (χ1) is 4.45. The fourth-order valence-electron chi connectivity index (χ4n) is 0.470. The van der Waals surface area contributed by atoms with Crippen molar-refractivity contribution in [3.8, 4) is 0 Å². The summed E-state index contributed by atoms with van der Waals surface area (Å²) in [5.74, 6) is 0. The van der Waals surface area contributed by atoms with E-state index in [2.05, 4.69) is 0 Å². The molecule has 0 heterocycles. The molecule has 0 amide bonds. The lowest BCUT2D eigenvalue weighted by Crippen LogP contribution is -2.05. The van der Waals surface area contributed by atoms with Crippen LogP contribution in [0.2, 0.25) is 0 Å². The van der Waals surface area contributed by atoms with Gasteiger partial charge in [0.2, 0.25) is 0 Å². The summed E-state index contributed by atoms with van der Waals surface area (Å²) in [5.41, 5.74) is 0. The van der Waals surface area contributed by atoms with Crippen molar-refractivity contribution >= 4 is 0 Å². The molecule has 1 atom stereocenters. The highest BCUT2D eigenvalue weighted by atomic mass is 19.4. The Kier molecular flexibility index (Phi) is 2.87. The van der Waals surface area contributed by atoms with E-state index in [0.717, 1.165) is 0 Å². The Hall–Kier alpha value is -0.210. The van der Waals surface area contributed by atoms with Gasteiger partial charge in [0.25, 0.3) is 0 Å². The summed E-state index contributed by atoms with van der Waals surface area (Å²) in [6.45, 7) is 1.72. The third-order valence-corrected chi connectivity index (χ3v) is 0.921. The summed E-state index contributed by atoms with van der Waals surface area (Å²) >= 11 is 0. The largest absolute Gasteiger partial charge is 0.389 e. The first kappa shape index (κ1) is 6.90. The Morgan fingerprint density at radius 3 is 2.33 bits per heavy atom. The lowest BCUT2D eigenvalue weighted by Gasteiger charge is -2.03. The molecule has 0 aliphatic rings. The van der Waals surface area contributed by atoms with E-state index in [0.29, 0.717) is 6.42 Å². The van der Waals surface area contributed by atoms with Crippen LogP contribution in [0.4, 0.5) is 13.2 Å². The van der Waals surface area contributed by atoms with Crippen molar-refractivity contribution < 1.29 is 14.5 Å². The number of halogens is 3. The lowest BCUT2D eigenvalue weighted by molar-refractivity contribution is -0.135. The maximum Gasteiger partial charge on any atom is 0.389 e. The van der Waals surface area contributed by atoms with Crippen LogP contribution in [0.15, 0.2) is 0 Å². The second kappa shape index (κ2) is 3.75. The normalized spacial score (nSPS) is 17.1. The minimum atomic E-state index is -4.09. The van der Waals surface area contributed by atoms with Gasteiger partial charge in [0.15, 0.2) is 0 Å². The average Bonchev–Trinajstić information content (AvgIpc) is 1.81. The molecular weight excluding hydrogens is 129 g/mol. The summed E-state index contributed by atoms with van der Waals surface area (Å²) in [6, 6.07) is 0. The molecule has 1 unspecified atom stereocenters. The summed E-state index contributed by atoms with van der Waals surface area (Å²) in [5, 5.41) is 0. The Balaban J connectivity index is 3.36. The van der Waals surface area contributed by atoms with E-state index in [1.807, 2.05) is 0 Å². The van der Waals surface area contributed by atoms with Crippen LogP contribution < -0.4 is 0 Å². The highest BCUT2D eigenvalue weighted by molar-refractivity contribution is 4.49. The fourth-order valence-corrected chi connectivity index (χ4v) is 0.470. The molecule has 56 valence electrons.